The van der Waals surface area contributed by atoms with Crippen LogP contribution in [0.2, 0.25) is 0 Å². The van der Waals surface area contributed by atoms with E-state index in [2.05, 4.69) is 5.32 Å². The normalized spacial score (nSPS) is 13.0. The fourth-order valence-electron chi connectivity index (χ4n) is 2.07. The maximum atomic E-state index is 12.6. The van der Waals surface area contributed by atoms with Crippen molar-refractivity contribution in [3.63, 3.8) is 0 Å². The number of anilines is 1. The number of thioether (sulfide) groups is 1. The van der Waals surface area contributed by atoms with Crippen LogP contribution in [0.5, 0.6) is 0 Å². The number of carbonyl (C=O) groups excluding carboxylic acids is 2. The maximum absolute atomic E-state index is 12.6. The first-order valence-corrected chi connectivity index (χ1v) is 8.19. The first-order valence-electron chi connectivity index (χ1n) is 7.31. The summed E-state index contributed by atoms with van der Waals surface area (Å²) in [5, 5.41) is 2.33. The molecular weight excluding hydrogens is 310 g/mol. The lowest BCUT2D eigenvalue weighted by Crippen LogP contribution is -2.36. The fourth-order valence-corrected chi connectivity index (χ4v) is 3.09. The topological polar surface area (TPSA) is 55.4 Å². The molecule has 0 aliphatic rings. The van der Waals surface area contributed by atoms with Crippen LogP contribution in [0.15, 0.2) is 65.6 Å². The molecule has 2 aromatic rings. The maximum Gasteiger partial charge on any atom is 0.302 e. The highest BCUT2D eigenvalue weighted by molar-refractivity contribution is 8.00. The molecule has 0 saturated carbocycles. The van der Waals surface area contributed by atoms with Gasteiger partial charge in [0.05, 0.1) is 0 Å². The Balaban J connectivity index is 2.14. The predicted molar refractivity (Wildman–Crippen MR) is 92.4 cm³/mol. The van der Waals surface area contributed by atoms with Gasteiger partial charge in [-0.3, -0.25) is 9.59 Å². The van der Waals surface area contributed by atoms with Crippen molar-refractivity contribution in [2.75, 3.05) is 5.32 Å². The summed E-state index contributed by atoms with van der Waals surface area (Å²) in [6.07, 6.45) is -0.540. The van der Waals surface area contributed by atoms with Crippen LogP contribution in [0.4, 0.5) is 5.69 Å². The number of benzene rings is 2. The number of carbonyl (C=O) groups is 2. The molecule has 0 unspecified atom stereocenters. The van der Waals surface area contributed by atoms with E-state index in [1.54, 1.807) is 6.92 Å². The van der Waals surface area contributed by atoms with E-state index < -0.39 is 17.3 Å². The molecule has 1 amide bonds. The quantitative estimate of drug-likeness (QED) is 0.648. The molecule has 0 heterocycles. The smallest absolute Gasteiger partial charge is 0.302 e. The zero-order valence-electron chi connectivity index (χ0n) is 13.1. The molecule has 4 nitrogen and oxygen atoms in total. The first-order chi connectivity index (χ1) is 11.1. The third-order valence-corrected chi connectivity index (χ3v) is 4.48. The van der Waals surface area contributed by atoms with Crippen molar-refractivity contribution in [2.45, 2.75) is 30.1 Å². The lowest BCUT2D eigenvalue weighted by atomic mass is 10.2. The summed E-state index contributed by atoms with van der Waals surface area (Å²) < 4.78 is 5.22. The Morgan fingerprint density at radius 3 is 2.13 bits per heavy atom. The molecule has 2 aromatic carbocycles. The monoisotopic (exact) mass is 329 g/mol. The second-order valence-corrected chi connectivity index (χ2v) is 6.24. The molecular formula is C18H19NO3S. The van der Waals surface area contributed by atoms with Crippen LogP contribution >= 0.6 is 11.8 Å². The molecule has 0 aromatic heterocycles. The van der Waals surface area contributed by atoms with Crippen LogP contribution in [-0.4, -0.2) is 23.2 Å². The Morgan fingerprint density at radius 2 is 1.57 bits per heavy atom. The van der Waals surface area contributed by atoms with Gasteiger partial charge in [0, 0.05) is 17.5 Å². The third-order valence-electron chi connectivity index (χ3n) is 3.08. The van der Waals surface area contributed by atoms with Gasteiger partial charge >= 0.3 is 5.97 Å². The van der Waals surface area contributed by atoms with Crippen LogP contribution in [0.3, 0.4) is 0 Å². The van der Waals surface area contributed by atoms with Crippen molar-refractivity contribution in [1.82, 2.24) is 0 Å². The molecule has 5 heteroatoms. The Hall–Kier alpha value is -2.27. The molecule has 2 rings (SSSR count). The summed E-state index contributed by atoms with van der Waals surface area (Å²) in [7, 11) is 0. The number of amides is 1. The molecule has 120 valence electrons. The molecule has 0 bridgehead atoms. The SMILES string of the molecule is CC(=O)O[C@@H](C)[C@@H](Sc1ccccc1)C(=O)Nc1ccccc1. The average molecular weight is 329 g/mol. The van der Waals surface area contributed by atoms with Crippen LogP contribution in [0, 0.1) is 0 Å². The van der Waals surface area contributed by atoms with Crippen molar-refractivity contribution in [1.29, 1.82) is 0 Å². The van der Waals surface area contributed by atoms with Crippen LogP contribution < -0.4 is 5.32 Å². The number of para-hydroxylation sites is 1. The predicted octanol–water partition coefficient (Wildman–Crippen LogP) is 3.74. The minimum Gasteiger partial charge on any atom is -0.461 e. The zero-order valence-corrected chi connectivity index (χ0v) is 13.9. The standard InChI is InChI=1S/C18H19NO3S/c1-13(22-14(2)20)17(23-16-11-7-4-8-12-16)18(21)19-15-9-5-3-6-10-15/h3-13,17H,1-2H3,(H,19,21)/t13-,17+/m0/s1. The first kappa shape index (κ1) is 17.1. The number of ether oxygens (including phenoxy) is 1. The minimum atomic E-state index is -0.540. The Bertz CT molecular complexity index is 646. The van der Waals surface area contributed by atoms with E-state index in [1.165, 1.54) is 18.7 Å². The Labute approximate surface area is 140 Å². The lowest BCUT2D eigenvalue weighted by molar-refractivity contribution is -0.146. The van der Waals surface area contributed by atoms with E-state index >= 15 is 0 Å². The largest absolute Gasteiger partial charge is 0.461 e. The van der Waals surface area contributed by atoms with Crippen molar-refractivity contribution in [3.8, 4) is 0 Å². The highest BCUT2D eigenvalue weighted by Gasteiger charge is 2.28. The van der Waals surface area contributed by atoms with Crippen molar-refractivity contribution in [2.24, 2.45) is 0 Å². The average Bonchev–Trinajstić information content (AvgIpc) is 2.53. The summed E-state index contributed by atoms with van der Waals surface area (Å²) in [5.74, 6) is -0.595. The summed E-state index contributed by atoms with van der Waals surface area (Å²) in [6.45, 7) is 3.07. The fraction of sp³-hybridized carbons (Fsp3) is 0.222. The number of rotatable bonds is 6. The number of nitrogens with one attached hydrogen (secondary N) is 1. The highest BCUT2D eigenvalue weighted by Crippen LogP contribution is 2.27. The van der Waals surface area contributed by atoms with Gasteiger partial charge in [-0.1, -0.05) is 36.4 Å². The summed E-state index contributed by atoms with van der Waals surface area (Å²) in [5.41, 5.74) is 0.714. The number of hydrogen-bond acceptors (Lipinski definition) is 4. The van der Waals surface area contributed by atoms with E-state index in [-0.39, 0.29) is 5.91 Å². The van der Waals surface area contributed by atoms with Gasteiger partial charge in [-0.15, -0.1) is 11.8 Å². The van der Waals surface area contributed by atoms with Crippen molar-refractivity contribution >= 4 is 29.3 Å². The van der Waals surface area contributed by atoms with E-state index in [0.717, 1.165) is 4.90 Å². The third kappa shape index (κ3) is 5.45. The lowest BCUT2D eigenvalue weighted by Gasteiger charge is -2.22. The van der Waals surface area contributed by atoms with Crippen LogP contribution in [-0.2, 0) is 14.3 Å². The van der Waals surface area contributed by atoms with E-state index in [9.17, 15) is 9.59 Å². The van der Waals surface area contributed by atoms with Gasteiger partial charge in [0.1, 0.15) is 11.4 Å². The number of esters is 1. The van der Waals surface area contributed by atoms with E-state index in [1.807, 2.05) is 60.7 Å². The molecule has 0 saturated heterocycles. The summed E-state index contributed by atoms with van der Waals surface area (Å²) >= 11 is 1.38. The Kier molecular flexibility index (Phi) is 6.23. The van der Waals surface area contributed by atoms with E-state index in [0.29, 0.717) is 5.69 Å². The van der Waals surface area contributed by atoms with Gasteiger partial charge in [0.15, 0.2) is 0 Å². The molecule has 23 heavy (non-hydrogen) atoms. The zero-order chi connectivity index (χ0) is 16.7. The van der Waals surface area contributed by atoms with Gasteiger partial charge in [0.25, 0.3) is 0 Å². The van der Waals surface area contributed by atoms with Gasteiger partial charge in [-0.05, 0) is 31.2 Å². The van der Waals surface area contributed by atoms with Crippen molar-refractivity contribution in [3.05, 3.63) is 60.7 Å². The van der Waals surface area contributed by atoms with Crippen molar-refractivity contribution < 1.29 is 14.3 Å². The van der Waals surface area contributed by atoms with Gasteiger partial charge in [-0.2, -0.15) is 0 Å². The molecule has 0 aliphatic heterocycles. The second kappa shape index (κ2) is 8.39. The summed E-state index contributed by atoms with van der Waals surface area (Å²) in [6, 6.07) is 18.8. The molecule has 0 radical (unpaired) electrons. The summed E-state index contributed by atoms with van der Waals surface area (Å²) in [4.78, 5) is 24.8. The molecule has 0 aliphatic carbocycles. The molecule has 1 N–H and O–H groups in total. The van der Waals surface area contributed by atoms with Gasteiger partial charge in [0.2, 0.25) is 5.91 Å². The molecule has 2 atom stereocenters. The van der Waals surface area contributed by atoms with Gasteiger partial charge in [-0.25, -0.2) is 0 Å². The minimum absolute atomic E-state index is 0.196. The Morgan fingerprint density at radius 1 is 1.00 bits per heavy atom. The van der Waals surface area contributed by atoms with Gasteiger partial charge < -0.3 is 10.1 Å². The van der Waals surface area contributed by atoms with Crippen LogP contribution in [0.25, 0.3) is 0 Å². The molecule has 0 spiro atoms. The highest BCUT2D eigenvalue weighted by atomic mass is 32.2. The van der Waals surface area contributed by atoms with E-state index in [4.69, 9.17) is 4.74 Å². The molecule has 0 fully saturated rings. The van der Waals surface area contributed by atoms with Crippen LogP contribution in [0.1, 0.15) is 13.8 Å². The number of hydrogen-bond donors (Lipinski definition) is 1. The second-order valence-electron chi connectivity index (χ2n) is 5.02.